The number of hydrogen-bond acceptors (Lipinski definition) is 3. The van der Waals surface area contributed by atoms with Crippen LogP contribution in [0.3, 0.4) is 0 Å². The van der Waals surface area contributed by atoms with Crippen LogP contribution in [0.4, 0.5) is 0 Å². The smallest absolute Gasteiger partial charge is 0.333 e. The van der Waals surface area contributed by atoms with E-state index in [4.69, 9.17) is 23.2 Å². The minimum absolute atomic E-state index is 0.0235. The number of hydrogen-bond donors (Lipinski definition) is 2. The Morgan fingerprint density at radius 3 is 2.32 bits per heavy atom. The molecule has 2 fully saturated rings. The van der Waals surface area contributed by atoms with Gasteiger partial charge in [-0.1, -0.05) is 48.2 Å². The van der Waals surface area contributed by atoms with E-state index in [9.17, 15) is 19.8 Å². The SMILES string of the molecule is Cc1ccc(Cl)cc1C1CCN(CC2=CC(C)(C(=O)O)C(C3CCCC3)C(C(=O)O)=C2Cl)CC1. The number of carbonyl (C=O) groups is 2. The van der Waals surface area contributed by atoms with E-state index in [0.29, 0.717) is 18.0 Å². The second-order valence-corrected chi connectivity index (χ2v) is 11.2. The Balaban J connectivity index is 1.56. The largest absolute Gasteiger partial charge is 0.481 e. The molecule has 7 heteroatoms. The Hall–Kier alpha value is -1.82. The molecule has 2 unspecified atom stereocenters. The molecule has 1 aliphatic heterocycles. The van der Waals surface area contributed by atoms with Crippen molar-refractivity contribution in [3.63, 3.8) is 0 Å². The summed E-state index contributed by atoms with van der Waals surface area (Å²) in [6.07, 6.45) is 7.35. The van der Waals surface area contributed by atoms with Crippen LogP contribution >= 0.6 is 23.2 Å². The number of halogens is 2. The Kier molecular flexibility index (Phi) is 7.47. The van der Waals surface area contributed by atoms with Gasteiger partial charge in [0.25, 0.3) is 0 Å². The first-order chi connectivity index (χ1) is 16.1. The van der Waals surface area contributed by atoms with Crippen molar-refractivity contribution in [2.75, 3.05) is 19.6 Å². The highest BCUT2D eigenvalue weighted by molar-refractivity contribution is 6.34. The molecule has 1 aromatic carbocycles. The lowest BCUT2D eigenvalue weighted by Gasteiger charge is -2.41. The molecule has 0 amide bonds. The Morgan fingerprint density at radius 1 is 1.09 bits per heavy atom. The third kappa shape index (κ3) is 4.80. The van der Waals surface area contributed by atoms with Crippen LogP contribution in [0.1, 0.15) is 62.5 Å². The summed E-state index contributed by atoms with van der Waals surface area (Å²) in [6.45, 7) is 5.89. The summed E-state index contributed by atoms with van der Waals surface area (Å²) in [7, 11) is 0. The van der Waals surface area contributed by atoms with Gasteiger partial charge in [-0.2, -0.15) is 0 Å². The van der Waals surface area contributed by atoms with E-state index in [1.807, 2.05) is 6.07 Å². The van der Waals surface area contributed by atoms with Crippen molar-refractivity contribution in [1.82, 2.24) is 4.90 Å². The molecule has 2 atom stereocenters. The molecule has 0 bridgehead atoms. The van der Waals surface area contributed by atoms with Gasteiger partial charge in [-0.15, -0.1) is 0 Å². The van der Waals surface area contributed by atoms with Crippen LogP contribution in [0.2, 0.25) is 5.02 Å². The van der Waals surface area contributed by atoms with Crippen LogP contribution in [-0.4, -0.2) is 46.7 Å². The van der Waals surface area contributed by atoms with Gasteiger partial charge in [0.05, 0.1) is 16.0 Å². The van der Waals surface area contributed by atoms with Crippen molar-refractivity contribution in [2.45, 2.75) is 58.3 Å². The van der Waals surface area contributed by atoms with Crippen molar-refractivity contribution in [3.05, 3.63) is 56.6 Å². The van der Waals surface area contributed by atoms with Gasteiger partial charge in [0.1, 0.15) is 0 Å². The van der Waals surface area contributed by atoms with Crippen LogP contribution < -0.4 is 0 Å². The zero-order valence-electron chi connectivity index (χ0n) is 19.8. The highest BCUT2D eigenvalue weighted by atomic mass is 35.5. The summed E-state index contributed by atoms with van der Waals surface area (Å²) in [5.74, 6) is -2.25. The molecule has 1 saturated heterocycles. The maximum absolute atomic E-state index is 12.5. The average molecular weight is 506 g/mol. The monoisotopic (exact) mass is 505 g/mol. The zero-order valence-corrected chi connectivity index (χ0v) is 21.3. The summed E-state index contributed by atoms with van der Waals surface area (Å²) in [4.78, 5) is 27.1. The van der Waals surface area contributed by atoms with E-state index in [1.165, 1.54) is 11.1 Å². The van der Waals surface area contributed by atoms with Gasteiger partial charge in [0.2, 0.25) is 0 Å². The zero-order chi connectivity index (χ0) is 24.6. The molecule has 34 heavy (non-hydrogen) atoms. The van der Waals surface area contributed by atoms with E-state index in [1.54, 1.807) is 13.0 Å². The van der Waals surface area contributed by atoms with Crippen LogP contribution in [-0.2, 0) is 9.59 Å². The second kappa shape index (κ2) is 10.0. The minimum Gasteiger partial charge on any atom is -0.481 e. The molecule has 3 aliphatic rings. The maximum atomic E-state index is 12.5. The molecular weight excluding hydrogens is 473 g/mol. The molecule has 4 rings (SSSR count). The van der Waals surface area contributed by atoms with Gasteiger partial charge >= 0.3 is 11.9 Å². The first-order valence-corrected chi connectivity index (χ1v) is 12.9. The third-order valence-corrected chi connectivity index (χ3v) is 8.86. The minimum atomic E-state index is -1.29. The molecule has 0 radical (unpaired) electrons. The van der Waals surface area contributed by atoms with Gasteiger partial charge in [0.15, 0.2) is 0 Å². The Morgan fingerprint density at radius 2 is 1.74 bits per heavy atom. The lowest BCUT2D eigenvalue weighted by Crippen LogP contribution is -2.44. The fourth-order valence-electron chi connectivity index (χ4n) is 6.37. The lowest BCUT2D eigenvalue weighted by molar-refractivity contribution is -0.149. The number of benzene rings is 1. The predicted molar refractivity (Wildman–Crippen MR) is 134 cm³/mol. The van der Waals surface area contributed by atoms with Gasteiger partial charge in [-0.25, -0.2) is 4.79 Å². The third-order valence-electron chi connectivity index (χ3n) is 8.17. The van der Waals surface area contributed by atoms with Crippen LogP contribution in [0.25, 0.3) is 0 Å². The van der Waals surface area contributed by atoms with E-state index in [-0.39, 0.29) is 16.5 Å². The molecule has 2 N–H and O–H groups in total. The van der Waals surface area contributed by atoms with Gasteiger partial charge in [0, 0.05) is 17.5 Å². The molecule has 184 valence electrons. The molecule has 1 heterocycles. The average Bonchev–Trinajstić information content (AvgIpc) is 3.32. The fraction of sp³-hybridized carbons (Fsp3) is 0.556. The number of aliphatic carboxylic acids is 2. The molecule has 1 aromatic rings. The van der Waals surface area contributed by atoms with Gasteiger partial charge in [-0.05, 0) is 93.3 Å². The van der Waals surface area contributed by atoms with Crippen molar-refractivity contribution in [3.8, 4) is 0 Å². The topological polar surface area (TPSA) is 77.8 Å². The first kappa shape index (κ1) is 25.3. The molecule has 5 nitrogen and oxygen atoms in total. The summed E-state index contributed by atoms with van der Waals surface area (Å²) < 4.78 is 0. The summed E-state index contributed by atoms with van der Waals surface area (Å²) >= 11 is 13.0. The van der Waals surface area contributed by atoms with Crippen molar-refractivity contribution >= 4 is 35.1 Å². The summed E-state index contributed by atoms with van der Waals surface area (Å²) in [5.41, 5.74) is 1.95. The normalized spacial score (nSPS) is 27.2. The van der Waals surface area contributed by atoms with Gasteiger partial charge in [-0.3, -0.25) is 9.69 Å². The number of carboxylic acids is 2. The fourth-order valence-corrected chi connectivity index (χ4v) is 6.86. The maximum Gasteiger partial charge on any atom is 0.333 e. The highest BCUT2D eigenvalue weighted by Crippen LogP contribution is 2.52. The number of carboxylic acid groups (broad SMARTS) is 2. The van der Waals surface area contributed by atoms with Crippen molar-refractivity contribution in [2.24, 2.45) is 17.3 Å². The van der Waals surface area contributed by atoms with E-state index < -0.39 is 23.3 Å². The quantitative estimate of drug-likeness (QED) is 0.478. The van der Waals surface area contributed by atoms with E-state index in [2.05, 4.69) is 24.0 Å². The molecule has 0 spiro atoms. The van der Waals surface area contributed by atoms with Crippen molar-refractivity contribution < 1.29 is 19.8 Å². The number of piperidine rings is 1. The van der Waals surface area contributed by atoms with Crippen LogP contribution in [0.15, 0.2) is 40.5 Å². The summed E-state index contributed by atoms with van der Waals surface area (Å²) in [6, 6.07) is 6.03. The first-order valence-electron chi connectivity index (χ1n) is 12.2. The standard InChI is InChI=1S/C27H33Cl2NO4/c1-16-7-8-20(28)13-21(16)17-9-11-30(12-10-17)15-19-14-27(2,26(33)34)23(18-5-3-4-6-18)22(24(19)29)25(31)32/h7-8,13-14,17-18,23H,3-6,9-12,15H2,1-2H3,(H,31,32)(H,33,34). The molecule has 0 aromatic heterocycles. The predicted octanol–water partition coefficient (Wildman–Crippen LogP) is 6.24. The molecule has 2 aliphatic carbocycles. The number of likely N-dealkylation sites (tertiary alicyclic amines) is 1. The van der Waals surface area contributed by atoms with Crippen LogP contribution in [0, 0.1) is 24.2 Å². The molecular formula is C27H33Cl2NO4. The van der Waals surface area contributed by atoms with E-state index >= 15 is 0 Å². The number of rotatable bonds is 6. The highest BCUT2D eigenvalue weighted by Gasteiger charge is 2.51. The van der Waals surface area contributed by atoms with Crippen LogP contribution in [0.5, 0.6) is 0 Å². The lowest BCUT2D eigenvalue weighted by atomic mass is 9.63. The second-order valence-electron chi connectivity index (χ2n) is 10.4. The number of nitrogens with zero attached hydrogens (tertiary/aromatic N) is 1. The summed E-state index contributed by atoms with van der Waals surface area (Å²) in [5, 5.41) is 21.3. The number of aryl methyl sites for hydroxylation is 1. The van der Waals surface area contributed by atoms with Crippen molar-refractivity contribution in [1.29, 1.82) is 0 Å². The van der Waals surface area contributed by atoms with Gasteiger partial charge < -0.3 is 10.2 Å². The molecule has 1 saturated carbocycles. The Bertz CT molecular complexity index is 1040. The Labute approximate surface area is 211 Å². The van der Waals surface area contributed by atoms with E-state index in [0.717, 1.165) is 56.6 Å².